The van der Waals surface area contributed by atoms with Crippen LogP contribution in [-0.2, 0) is 4.79 Å². The van der Waals surface area contributed by atoms with Gasteiger partial charge in [-0.25, -0.2) is 0 Å². The van der Waals surface area contributed by atoms with Crippen molar-refractivity contribution in [2.75, 3.05) is 6.54 Å². The molecule has 0 heterocycles. The average Bonchev–Trinajstić information content (AvgIpc) is 2.25. The summed E-state index contributed by atoms with van der Waals surface area (Å²) >= 11 is -1.34. The SMILES string of the molecule is [CH2]CCCNC(=O)C(C)(C)CC[As](C)C(=N)N. The molecule has 1 amide bonds. The summed E-state index contributed by atoms with van der Waals surface area (Å²) < 4.78 is 0.339. The van der Waals surface area contributed by atoms with Crippen molar-refractivity contribution >= 4 is 25.2 Å². The molecule has 1 radical (unpaired) electrons. The van der Waals surface area contributed by atoms with Crippen molar-refractivity contribution in [3.05, 3.63) is 6.92 Å². The van der Waals surface area contributed by atoms with Crippen LogP contribution in [0.15, 0.2) is 0 Å². The number of unbranched alkanes of at least 4 members (excludes halogenated alkanes) is 1. The molecule has 0 aromatic heterocycles. The number of nitrogens with two attached hydrogens (primary N) is 1. The summed E-state index contributed by atoms with van der Waals surface area (Å²) in [4.78, 5) is 11.9. The predicted molar refractivity (Wildman–Crippen MR) is 74.3 cm³/mol. The molecule has 0 aliphatic rings. The summed E-state index contributed by atoms with van der Waals surface area (Å²) in [6, 6.07) is 0. The summed E-state index contributed by atoms with van der Waals surface area (Å²) in [6.07, 6.45) is 2.56. The van der Waals surface area contributed by atoms with E-state index in [0.717, 1.165) is 24.5 Å². The van der Waals surface area contributed by atoms with E-state index in [0.29, 0.717) is 11.2 Å². The van der Waals surface area contributed by atoms with Crippen LogP contribution >= 0.6 is 0 Å². The minimum atomic E-state index is -1.34. The van der Waals surface area contributed by atoms with Crippen LogP contribution in [0.1, 0.15) is 33.1 Å². The van der Waals surface area contributed by atoms with Crippen LogP contribution < -0.4 is 11.1 Å². The first-order valence-electron chi connectivity index (χ1n) is 5.94. The molecule has 0 aromatic carbocycles. The van der Waals surface area contributed by atoms with Gasteiger partial charge >= 0.3 is 109 Å². The third-order valence-electron chi connectivity index (χ3n) is 2.81. The van der Waals surface area contributed by atoms with E-state index in [1.54, 1.807) is 0 Å². The number of carbonyl (C=O) groups excluding carboxylic acids is 1. The Hall–Kier alpha value is -0.502. The van der Waals surface area contributed by atoms with E-state index < -0.39 is 14.7 Å². The number of carbonyl (C=O) groups is 1. The minimum absolute atomic E-state index is 0.0944. The van der Waals surface area contributed by atoms with Crippen molar-refractivity contribution in [3.8, 4) is 0 Å². The molecular formula is C12H25AsN3O. The van der Waals surface area contributed by atoms with Crippen LogP contribution in [0, 0.1) is 17.7 Å². The first kappa shape index (κ1) is 16.5. The van der Waals surface area contributed by atoms with Gasteiger partial charge in [0, 0.05) is 0 Å². The van der Waals surface area contributed by atoms with Crippen LogP contribution in [0.25, 0.3) is 0 Å². The van der Waals surface area contributed by atoms with Gasteiger partial charge in [-0.2, -0.15) is 0 Å². The normalized spacial score (nSPS) is 13.2. The Balaban J connectivity index is 4.08. The molecule has 4 N–H and O–H groups in total. The molecule has 1 unspecified atom stereocenters. The Morgan fingerprint density at radius 1 is 1.53 bits per heavy atom. The van der Waals surface area contributed by atoms with Gasteiger partial charge in [-0.15, -0.1) is 0 Å². The second-order valence-electron chi connectivity index (χ2n) is 4.90. The van der Waals surface area contributed by atoms with E-state index in [-0.39, 0.29) is 11.3 Å². The second-order valence-corrected chi connectivity index (χ2v) is 9.78. The molecule has 0 aliphatic heterocycles. The van der Waals surface area contributed by atoms with Crippen molar-refractivity contribution in [2.24, 2.45) is 11.1 Å². The number of hydrogen-bond donors (Lipinski definition) is 3. The van der Waals surface area contributed by atoms with Gasteiger partial charge in [0.25, 0.3) is 0 Å². The fraction of sp³-hybridized carbons (Fsp3) is 0.750. The third kappa shape index (κ3) is 6.72. The molecule has 5 heteroatoms. The Morgan fingerprint density at radius 3 is 2.59 bits per heavy atom. The molecule has 0 fully saturated rings. The monoisotopic (exact) mass is 302 g/mol. The molecule has 0 bridgehead atoms. The summed E-state index contributed by atoms with van der Waals surface area (Å²) in [6.45, 7) is 8.35. The molecule has 99 valence electrons. The van der Waals surface area contributed by atoms with Crippen LogP contribution in [0.4, 0.5) is 0 Å². The van der Waals surface area contributed by atoms with Crippen molar-refractivity contribution in [1.82, 2.24) is 5.32 Å². The average molecular weight is 302 g/mol. The maximum atomic E-state index is 11.9. The van der Waals surface area contributed by atoms with E-state index in [1.165, 1.54) is 0 Å². The number of hydrogen-bond acceptors (Lipinski definition) is 2. The van der Waals surface area contributed by atoms with Gasteiger partial charge in [-0.1, -0.05) is 0 Å². The van der Waals surface area contributed by atoms with Gasteiger partial charge in [-0.05, 0) is 0 Å². The molecule has 0 aromatic rings. The molecule has 0 aliphatic carbocycles. The van der Waals surface area contributed by atoms with Gasteiger partial charge in [0.2, 0.25) is 0 Å². The number of rotatable bonds is 8. The van der Waals surface area contributed by atoms with E-state index in [9.17, 15) is 4.79 Å². The third-order valence-corrected chi connectivity index (χ3v) is 6.41. The van der Waals surface area contributed by atoms with Crippen LogP contribution in [0.2, 0.25) is 10.9 Å². The zero-order chi connectivity index (χ0) is 13.5. The van der Waals surface area contributed by atoms with Gasteiger partial charge in [-0.3, -0.25) is 0 Å². The number of nitrogens with one attached hydrogen (secondary N) is 2. The molecule has 1 atom stereocenters. The Bertz CT molecular complexity index is 266. The van der Waals surface area contributed by atoms with Crippen molar-refractivity contribution in [3.63, 3.8) is 0 Å². The maximum absolute atomic E-state index is 11.9. The van der Waals surface area contributed by atoms with Gasteiger partial charge < -0.3 is 0 Å². The summed E-state index contributed by atoms with van der Waals surface area (Å²) in [5.74, 6) is 0.0944. The van der Waals surface area contributed by atoms with E-state index >= 15 is 0 Å². The summed E-state index contributed by atoms with van der Waals surface area (Å²) in [5, 5.41) is 11.2. The Morgan fingerprint density at radius 2 is 2.12 bits per heavy atom. The van der Waals surface area contributed by atoms with E-state index in [4.69, 9.17) is 11.1 Å². The quantitative estimate of drug-likeness (QED) is 0.276. The van der Waals surface area contributed by atoms with Gasteiger partial charge in [0.15, 0.2) is 0 Å². The fourth-order valence-electron chi connectivity index (χ4n) is 1.25. The first-order chi connectivity index (χ1) is 7.81. The number of amidine groups is 1. The van der Waals surface area contributed by atoms with Crippen LogP contribution in [-0.4, -0.2) is 31.7 Å². The van der Waals surface area contributed by atoms with Crippen molar-refractivity contribution in [1.29, 1.82) is 5.41 Å². The van der Waals surface area contributed by atoms with Gasteiger partial charge in [0.1, 0.15) is 0 Å². The molecule has 4 nitrogen and oxygen atoms in total. The standard InChI is InChI=1S/C12H25AsN3O/c1-5-6-9-16-10(17)12(2,3)7-8-13(4)11(14)15/h1,5-9H2,2-4H3,(H3,14,15)(H,16,17). The molecule has 0 rings (SSSR count). The Labute approximate surface area is 109 Å². The summed E-state index contributed by atoms with van der Waals surface area (Å²) in [5.41, 5.74) is 7.18. The zero-order valence-corrected chi connectivity index (χ0v) is 13.1. The molecule has 17 heavy (non-hydrogen) atoms. The van der Waals surface area contributed by atoms with Crippen molar-refractivity contribution in [2.45, 2.75) is 44.0 Å². The fourth-order valence-corrected chi connectivity index (χ4v) is 3.63. The molecule has 0 saturated carbocycles. The van der Waals surface area contributed by atoms with Crippen molar-refractivity contribution < 1.29 is 4.79 Å². The predicted octanol–water partition coefficient (Wildman–Crippen LogP) is 1.73. The Kier molecular flexibility index (Phi) is 7.52. The molecule has 0 spiro atoms. The number of amides is 1. The first-order valence-corrected chi connectivity index (χ1v) is 10.1. The van der Waals surface area contributed by atoms with E-state index in [1.807, 2.05) is 13.8 Å². The summed E-state index contributed by atoms with van der Waals surface area (Å²) in [7, 11) is 0. The molecular weight excluding hydrogens is 277 g/mol. The second kappa shape index (κ2) is 7.75. The zero-order valence-electron chi connectivity index (χ0n) is 11.2. The molecule has 0 saturated heterocycles. The van der Waals surface area contributed by atoms with Gasteiger partial charge in [0.05, 0.1) is 0 Å². The topological polar surface area (TPSA) is 79.0 Å². The van der Waals surface area contributed by atoms with E-state index in [2.05, 4.69) is 18.0 Å². The van der Waals surface area contributed by atoms with Crippen LogP contribution in [0.3, 0.4) is 0 Å². The van der Waals surface area contributed by atoms with Crippen LogP contribution in [0.5, 0.6) is 0 Å².